The van der Waals surface area contributed by atoms with Crippen LogP contribution in [0.3, 0.4) is 0 Å². The zero-order valence-corrected chi connectivity index (χ0v) is 29.7. The fourth-order valence-corrected chi connectivity index (χ4v) is 7.78. The summed E-state index contributed by atoms with van der Waals surface area (Å²) < 4.78 is 8.01. The number of hydrogen-bond donors (Lipinski definition) is 1. The fraction of sp³-hybridized carbons (Fsp3) is 0.318. The maximum absolute atomic E-state index is 13.0. The van der Waals surface area contributed by atoms with Gasteiger partial charge in [0.25, 0.3) is 0 Å². The summed E-state index contributed by atoms with van der Waals surface area (Å²) in [4.78, 5) is 37.5. The highest BCUT2D eigenvalue weighted by molar-refractivity contribution is 5.98. The lowest BCUT2D eigenvalue weighted by Crippen LogP contribution is -2.37. The molecule has 0 saturated carbocycles. The number of pyridine rings is 1. The number of imidazole rings is 1. The Labute approximate surface area is 304 Å². The Morgan fingerprint density at radius 1 is 1.00 bits per heavy atom. The van der Waals surface area contributed by atoms with Gasteiger partial charge in [0, 0.05) is 104 Å². The van der Waals surface area contributed by atoms with E-state index in [0.29, 0.717) is 25.4 Å². The number of carbonyl (C=O) groups is 2. The van der Waals surface area contributed by atoms with Gasteiger partial charge in [-0.05, 0) is 48.8 Å². The van der Waals surface area contributed by atoms with Crippen LogP contribution in [0.2, 0.25) is 0 Å². The fourth-order valence-electron chi connectivity index (χ4n) is 7.78. The Morgan fingerprint density at radius 3 is 2.63 bits per heavy atom. The number of rotatable bonds is 8. The number of benzene rings is 3. The number of unbranched alkanes of at least 4 members (excludes halogenated alkanes) is 2. The van der Waals surface area contributed by atoms with E-state index in [9.17, 15) is 9.59 Å². The number of nitrogens with zero attached hydrogens (tertiary/aromatic N) is 4. The molecule has 52 heavy (non-hydrogen) atoms. The number of carbonyl (C=O) groups excluding carboxylic acids is 2. The van der Waals surface area contributed by atoms with E-state index in [1.165, 1.54) is 5.56 Å². The first-order valence-electron chi connectivity index (χ1n) is 18.4. The number of Topliss-reactive ketones (excluding diaryl/α,β-unsaturated/α-hetero) is 1. The van der Waals surface area contributed by atoms with Gasteiger partial charge in [0.1, 0.15) is 5.82 Å². The van der Waals surface area contributed by atoms with Crippen molar-refractivity contribution in [3.05, 3.63) is 113 Å². The summed E-state index contributed by atoms with van der Waals surface area (Å²) in [6, 6.07) is 22.4. The van der Waals surface area contributed by atoms with Gasteiger partial charge >= 0.3 is 0 Å². The highest BCUT2D eigenvalue weighted by Crippen LogP contribution is 2.37. The smallest absolute Gasteiger partial charge is 0.219 e. The zero-order chi connectivity index (χ0) is 35.6. The number of fused-ring (bicyclic) bond motifs is 3. The summed E-state index contributed by atoms with van der Waals surface area (Å²) in [5.74, 6) is 8.30. The van der Waals surface area contributed by atoms with Gasteiger partial charge in [0.2, 0.25) is 5.91 Å². The first-order chi connectivity index (χ1) is 25.4. The Hall–Kier alpha value is -5.52. The van der Waals surface area contributed by atoms with Crippen molar-refractivity contribution in [1.29, 1.82) is 0 Å². The molecule has 3 aliphatic rings. The average Bonchev–Trinajstić information content (AvgIpc) is 3.76. The predicted octanol–water partition coefficient (Wildman–Crippen LogP) is 7.89. The van der Waals surface area contributed by atoms with Crippen LogP contribution in [0.5, 0.6) is 0 Å². The molecule has 8 rings (SSSR count). The Morgan fingerprint density at radius 2 is 1.81 bits per heavy atom. The molecular formula is C44H43N5O3. The molecule has 1 N–H and O–H groups in total. The van der Waals surface area contributed by atoms with Crippen LogP contribution in [0, 0.1) is 11.8 Å². The molecule has 0 atom stereocenters. The molecule has 1 saturated heterocycles. The molecule has 262 valence electrons. The van der Waals surface area contributed by atoms with Crippen molar-refractivity contribution >= 4 is 28.2 Å². The number of nitrogens with one attached hydrogen (secondary N) is 1. The molecule has 1 fully saturated rings. The predicted molar refractivity (Wildman–Crippen MR) is 204 cm³/mol. The molecule has 0 aliphatic carbocycles. The van der Waals surface area contributed by atoms with Gasteiger partial charge in [-0.3, -0.25) is 14.6 Å². The van der Waals surface area contributed by atoms with Crippen LogP contribution in [0.15, 0.2) is 79.5 Å². The third-order valence-electron chi connectivity index (χ3n) is 10.7. The highest BCUT2D eigenvalue weighted by atomic mass is 16.5. The van der Waals surface area contributed by atoms with Crippen LogP contribution in [0.25, 0.3) is 39.0 Å². The summed E-state index contributed by atoms with van der Waals surface area (Å²) in [6.07, 6.45) is 6.80. The maximum Gasteiger partial charge on any atom is 0.219 e. The first kappa shape index (κ1) is 33.6. The summed E-state index contributed by atoms with van der Waals surface area (Å²) in [6.45, 7) is 9.98. The number of hydrogen-bond acceptors (Lipinski definition) is 6. The lowest BCUT2D eigenvalue weighted by atomic mass is 9.99. The summed E-state index contributed by atoms with van der Waals surface area (Å²) in [7, 11) is 0. The number of ether oxygens (including phenoxy) is 1. The van der Waals surface area contributed by atoms with Gasteiger partial charge in [0.15, 0.2) is 5.78 Å². The molecule has 5 heterocycles. The number of ketones is 1. The second-order valence-corrected chi connectivity index (χ2v) is 14.0. The van der Waals surface area contributed by atoms with Crippen molar-refractivity contribution < 1.29 is 14.3 Å². The minimum Gasteiger partial charge on any atom is -0.381 e. The van der Waals surface area contributed by atoms with Gasteiger partial charge < -0.3 is 19.5 Å². The van der Waals surface area contributed by atoms with Gasteiger partial charge in [-0.2, -0.15) is 0 Å². The molecule has 3 aliphatic heterocycles. The molecule has 0 bridgehead atoms. The van der Waals surface area contributed by atoms with E-state index in [1.807, 2.05) is 41.4 Å². The van der Waals surface area contributed by atoms with Crippen LogP contribution < -0.4 is 5.32 Å². The molecule has 0 spiro atoms. The average molecular weight is 690 g/mol. The minimum atomic E-state index is 0.0837. The number of aromatic nitrogens is 3. The molecular weight excluding hydrogens is 647 g/mol. The Balaban J connectivity index is 0.950. The zero-order valence-electron chi connectivity index (χ0n) is 29.7. The molecule has 0 unspecified atom stereocenters. The largest absolute Gasteiger partial charge is 0.381 e. The SMILES string of the molecule is C=C1NCc2c(C#CCCCCC(=O)c3ccc(-c4cc5cccc(-c6nc(C7CCOCC7)n7c6CN(C(C)=O)CC7)c5cn4)cc3)cccc21. The van der Waals surface area contributed by atoms with E-state index in [2.05, 4.69) is 64.7 Å². The standard InChI is InChI=1S/C44H43N5O3/c1-29-36-12-7-10-31(38(36)26-45-29)9-5-3-4-6-14-42(51)33-17-15-32(16-18-33)40-25-35-11-8-13-37(39(35)27-46-40)43-41-28-48(30(2)50)21-22-49(41)44(47-43)34-19-23-52-24-20-34/h7-8,10-13,15-18,25,27,34,45H,1,3-4,6,14,19-24,26,28H2,2H3. The topological polar surface area (TPSA) is 89.4 Å². The van der Waals surface area contributed by atoms with Crippen molar-refractivity contribution in [1.82, 2.24) is 24.8 Å². The first-order valence-corrected chi connectivity index (χ1v) is 18.4. The maximum atomic E-state index is 13.0. The van der Waals surface area contributed by atoms with Gasteiger partial charge in [-0.15, -0.1) is 0 Å². The van der Waals surface area contributed by atoms with Gasteiger partial charge in [-0.1, -0.05) is 73.0 Å². The van der Waals surface area contributed by atoms with E-state index < -0.39 is 0 Å². The van der Waals surface area contributed by atoms with Gasteiger partial charge in [-0.25, -0.2) is 4.98 Å². The molecule has 8 heteroatoms. The van der Waals surface area contributed by atoms with Crippen LogP contribution >= 0.6 is 0 Å². The van der Waals surface area contributed by atoms with Crippen LogP contribution in [0.1, 0.15) is 89.9 Å². The van der Waals surface area contributed by atoms with Crippen molar-refractivity contribution in [2.75, 3.05) is 19.8 Å². The normalized spacial score (nSPS) is 15.5. The summed E-state index contributed by atoms with van der Waals surface area (Å²) >= 11 is 0. The minimum absolute atomic E-state index is 0.0837. The van der Waals surface area contributed by atoms with E-state index >= 15 is 0 Å². The summed E-state index contributed by atoms with van der Waals surface area (Å²) in [5, 5.41) is 5.39. The molecule has 2 aromatic heterocycles. The molecule has 5 aromatic rings. The second kappa shape index (κ2) is 14.6. The van der Waals surface area contributed by atoms with Crippen molar-refractivity contribution in [2.24, 2.45) is 0 Å². The van der Waals surface area contributed by atoms with E-state index in [4.69, 9.17) is 14.7 Å². The van der Waals surface area contributed by atoms with E-state index in [0.717, 1.165) is 126 Å². The Bertz CT molecular complexity index is 2250. The van der Waals surface area contributed by atoms with Crippen molar-refractivity contribution in [3.63, 3.8) is 0 Å². The van der Waals surface area contributed by atoms with E-state index in [-0.39, 0.29) is 11.7 Å². The second-order valence-electron chi connectivity index (χ2n) is 14.0. The number of amides is 1. The Kier molecular flexibility index (Phi) is 9.44. The van der Waals surface area contributed by atoms with Crippen molar-refractivity contribution in [2.45, 2.75) is 71.0 Å². The third kappa shape index (κ3) is 6.65. The van der Waals surface area contributed by atoms with Gasteiger partial charge in [0.05, 0.1) is 23.6 Å². The monoisotopic (exact) mass is 689 g/mol. The van der Waals surface area contributed by atoms with Crippen LogP contribution in [-0.4, -0.2) is 50.9 Å². The van der Waals surface area contributed by atoms with Crippen LogP contribution in [0.4, 0.5) is 0 Å². The van der Waals surface area contributed by atoms with Crippen molar-refractivity contribution in [3.8, 4) is 34.4 Å². The lowest BCUT2D eigenvalue weighted by Gasteiger charge is -2.30. The summed E-state index contributed by atoms with van der Waals surface area (Å²) in [5.41, 5.74) is 9.98. The third-order valence-corrected chi connectivity index (χ3v) is 10.7. The van der Waals surface area contributed by atoms with E-state index in [1.54, 1.807) is 6.92 Å². The molecule has 3 aromatic carbocycles. The molecule has 0 radical (unpaired) electrons. The molecule has 8 nitrogen and oxygen atoms in total. The quantitative estimate of drug-likeness (QED) is 0.101. The van der Waals surface area contributed by atoms with Crippen LogP contribution in [-0.2, 0) is 29.2 Å². The molecule has 1 amide bonds. The highest BCUT2D eigenvalue weighted by Gasteiger charge is 2.30. The lowest BCUT2D eigenvalue weighted by molar-refractivity contribution is -0.130.